The van der Waals surface area contributed by atoms with E-state index in [4.69, 9.17) is 0 Å². The molecule has 1 N–H and O–H groups in total. The van der Waals surface area contributed by atoms with Crippen molar-refractivity contribution in [2.24, 2.45) is 0 Å². The van der Waals surface area contributed by atoms with Crippen molar-refractivity contribution in [1.82, 2.24) is 4.98 Å². The molecular formula is C19H18N2O. The number of pyridine rings is 1. The predicted molar refractivity (Wildman–Crippen MR) is 90.3 cm³/mol. The Morgan fingerprint density at radius 2 is 1.91 bits per heavy atom. The Hall–Kier alpha value is -2.68. The third-order valence-electron chi connectivity index (χ3n) is 3.68. The average Bonchev–Trinajstić information content (AvgIpc) is 2.54. The lowest BCUT2D eigenvalue weighted by Gasteiger charge is -2.10. The van der Waals surface area contributed by atoms with Crippen molar-refractivity contribution in [3.8, 4) is 0 Å². The summed E-state index contributed by atoms with van der Waals surface area (Å²) in [4.78, 5) is 17.1. The molecule has 0 aliphatic rings. The van der Waals surface area contributed by atoms with Gasteiger partial charge in [0.1, 0.15) is 0 Å². The van der Waals surface area contributed by atoms with Gasteiger partial charge in [-0.2, -0.15) is 0 Å². The van der Waals surface area contributed by atoms with Crippen molar-refractivity contribution in [3.05, 3.63) is 71.4 Å². The van der Waals surface area contributed by atoms with Crippen LogP contribution in [0.5, 0.6) is 0 Å². The number of benzene rings is 2. The zero-order valence-electron chi connectivity index (χ0n) is 12.8. The number of nitrogens with zero attached hydrogens (tertiary/aromatic N) is 1. The molecule has 22 heavy (non-hydrogen) atoms. The van der Waals surface area contributed by atoms with E-state index < -0.39 is 0 Å². The molecule has 110 valence electrons. The molecule has 0 unspecified atom stereocenters. The number of rotatable bonds is 3. The van der Waals surface area contributed by atoms with Gasteiger partial charge in [0.05, 0.1) is 11.1 Å². The topological polar surface area (TPSA) is 42.0 Å². The van der Waals surface area contributed by atoms with Crippen molar-refractivity contribution >= 4 is 22.5 Å². The fourth-order valence-electron chi connectivity index (χ4n) is 2.56. The van der Waals surface area contributed by atoms with Gasteiger partial charge in [0.2, 0.25) is 0 Å². The van der Waals surface area contributed by atoms with Crippen LogP contribution in [0.1, 0.15) is 28.5 Å². The molecule has 1 heterocycles. The minimum absolute atomic E-state index is 0.102. The highest BCUT2D eigenvalue weighted by Gasteiger charge is 2.12. The molecule has 0 atom stereocenters. The Balaban J connectivity index is 1.98. The van der Waals surface area contributed by atoms with E-state index in [1.165, 1.54) is 5.56 Å². The van der Waals surface area contributed by atoms with Gasteiger partial charge in [0.15, 0.2) is 0 Å². The summed E-state index contributed by atoms with van der Waals surface area (Å²) < 4.78 is 0. The van der Waals surface area contributed by atoms with Crippen LogP contribution >= 0.6 is 0 Å². The lowest BCUT2D eigenvalue weighted by atomic mass is 10.1. The van der Waals surface area contributed by atoms with E-state index in [0.29, 0.717) is 5.56 Å². The Bertz CT molecular complexity index is 840. The second-order valence-corrected chi connectivity index (χ2v) is 5.34. The van der Waals surface area contributed by atoms with E-state index in [9.17, 15) is 4.79 Å². The van der Waals surface area contributed by atoms with Crippen LogP contribution in [0.4, 0.5) is 5.69 Å². The van der Waals surface area contributed by atoms with Crippen molar-refractivity contribution < 1.29 is 4.79 Å². The molecule has 2 aromatic carbocycles. The molecule has 0 radical (unpaired) electrons. The summed E-state index contributed by atoms with van der Waals surface area (Å²) in [7, 11) is 0. The van der Waals surface area contributed by atoms with Crippen molar-refractivity contribution in [2.45, 2.75) is 20.3 Å². The van der Waals surface area contributed by atoms with Crippen molar-refractivity contribution in [2.75, 3.05) is 5.32 Å². The van der Waals surface area contributed by atoms with Crippen LogP contribution in [0, 0.1) is 6.92 Å². The second-order valence-electron chi connectivity index (χ2n) is 5.34. The van der Waals surface area contributed by atoms with Gasteiger partial charge in [0, 0.05) is 16.8 Å². The first-order valence-corrected chi connectivity index (χ1v) is 7.44. The summed E-state index contributed by atoms with van der Waals surface area (Å²) in [5.41, 5.74) is 4.36. The molecule has 3 rings (SSSR count). The number of carbonyl (C=O) groups excluding carboxylic acids is 1. The zero-order valence-corrected chi connectivity index (χ0v) is 12.8. The van der Waals surface area contributed by atoms with Crippen LogP contribution in [0.15, 0.2) is 54.6 Å². The molecule has 1 amide bonds. The number of hydrogen-bond donors (Lipinski definition) is 1. The minimum atomic E-state index is -0.102. The van der Waals surface area contributed by atoms with Gasteiger partial charge >= 0.3 is 0 Å². The van der Waals surface area contributed by atoms with E-state index in [2.05, 4.69) is 23.3 Å². The van der Waals surface area contributed by atoms with Gasteiger partial charge in [-0.1, -0.05) is 37.3 Å². The molecule has 0 aliphatic carbocycles. The maximum Gasteiger partial charge on any atom is 0.256 e. The van der Waals surface area contributed by atoms with Gasteiger partial charge in [-0.05, 0) is 43.2 Å². The van der Waals surface area contributed by atoms with E-state index >= 15 is 0 Å². The Morgan fingerprint density at radius 3 is 2.73 bits per heavy atom. The molecule has 1 aromatic heterocycles. The SMILES string of the molecule is CCc1cccc(NC(=O)c2cc(C)nc3ccccc23)c1. The van der Waals surface area contributed by atoms with Crippen molar-refractivity contribution in [1.29, 1.82) is 0 Å². The lowest BCUT2D eigenvalue weighted by Crippen LogP contribution is -2.13. The standard InChI is InChI=1S/C19H18N2O/c1-3-14-7-6-8-15(12-14)21-19(22)17-11-13(2)20-18-10-5-4-9-16(17)18/h4-12H,3H2,1-2H3,(H,21,22). The van der Waals surface area contributed by atoms with Crippen LogP contribution in [0.25, 0.3) is 10.9 Å². The maximum atomic E-state index is 12.6. The molecule has 0 spiro atoms. The van der Waals surface area contributed by atoms with Gasteiger partial charge in [0.25, 0.3) is 5.91 Å². The molecule has 0 saturated carbocycles. The number of para-hydroxylation sites is 1. The summed E-state index contributed by atoms with van der Waals surface area (Å²) in [5, 5.41) is 3.86. The van der Waals surface area contributed by atoms with E-state index in [-0.39, 0.29) is 5.91 Å². The number of carbonyl (C=O) groups is 1. The molecule has 0 aliphatic heterocycles. The van der Waals surface area contributed by atoms with Gasteiger partial charge in [-0.3, -0.25) is 9.78 Å². The third kappa shape index (κ3) is 2.84. The van der Waals surface area contributed by atoms with Crippen molar-refractivity contribution in [3.63, 3.8) is 0 Å². The highest BCUT2D eigenvalue weighted by molar-refractivity contribution is 6.12. The lowest BCUT2D eigenvalue weighted by molar-refractivity contribution is 0.102. The zero-order chi connectivity index (χ0) is 15.5. The van der Waals surface area contributed by atoms with Gasteiger partial charge in [-0.15, -0.1) is 0 Å². The quantitative estimate of drug-likeness (QED) is 0.778. The fraction of sp³-hybridized carbons (Fsp3) is 0.158. The Morgan fingerprint density at radius 1 is 1.09 bits per heavy atom. The number of aryl methyl sites for hydroxylation is 2. The van der Waals surface area contributed by atoms with E-state index in [1.54, 1.807) is 0 Å². The van der Waals surface area contributed by atoms with Crippen LogP contribution in [0.3, 0.4) is 0 Å². The Labute approximate surface area is 130 Å². The van der Waals surface area contributed by atoms with Crippen LogP contribution in [-0.4, -0.2) is 10.9 Å². The molecule has 0 fully saturated rings. The summed E-state index contributed by atoms with van der Waals surface area (Å²) in [5.74, 6) is -0.102. The molecule has 3 nitrogen and oxygen atoms in total. The number of hydrogen-bond acceptors (Lipinski definition) is 2. The van der Waals surface area contributed by atoms with Gasteiger partial charge in [-0.25, -0.2) is 0 Å². The number of nitrogens with one attached hydrogen (secondary N) is 1. The first kappa shape index (κ1) is 14.3. The van der Waals surface area contributed by atoms with E-state index in [1.807, 2.05) is 55.5 Å². The van der Waals surface area contributed by atoms with Gasteiger partial charge < -0.3 is 5.32 Å². The summed E-state index contributed by atoms with van der Waals surface area (Å²) in [6.45, 7) is 4.00. The average molecular weight is 290 g/mol. The Kier molecular flexibility index (Phi) is 3.88. The molecule has 0 saturated heterocycles. The first-order chi connectivity index (χ1) is 10.7. The smallest absolute Gasteiger partial charge is 0.256 e. The summed E-state index contributed by atoms with van der Waals surface area (Å²) in [6, 6.07) is 17.5. The minimum Gasteiger partial charge on any atom is -0.322 e. The molecule has 3 aromatic rings. The maximum absolute atomic E-state index is 12.6. The number of fused-ring (bicyclic) bond motifs is 1. The number of anilines is 1. The normalized spacial score (nSPS) is 10.6. The summed E-state index contributed by atoms with van der Waals surface area (Å²) >= 11 is 0. The largest absolute Gasteiger partial charge is 0.322 e. The highest BCUT2D eigenvalue weighted by atomic mass is 16.1. The monoisotopic (exact) mass is 290 g/mol. The fourth-order valence-corrected chi connectivity index (χ4v) is 2.56. The molecule has 0 bridgehead atoms. The van der Waals surface area contributed by atoms with Crippen LogP contribution in [0.2, 0.25) is 0 Å². The van der Waals surface area contributed by atoms with E-state index in [0.717, 1.165) is 28.7 Å². The molecular weight excluding hydrogens is 272 g/mol. The van der Waals surface area contributed by atoms with Crippen LogP contribution in [-0.2, 0) is 6.42 Å². The predicted octanol–water partition coefficient (Wildman–Crippen LogP) is 4.36. The third-order valence-corrected chi connectivity index (χ3v) is 3.68. The second kappa shape index (κ2) is 5.98. The van der Waals surface area contributed by atoms with Crippen LogP contribution < -0.4 is 5.32 Å². The highest BCUT2D eigenvalue weighted by Crippen LogP contribution is 2.20. The molecule has 3 heteroatoms. The summed E-state index contributed by atoms with van der Waals surface area (Å²) in [6.07, 6.45) is 0.945. The number of amides is 1. The first-order valence-electron chi connectivity index (χ1n) is 7.44. The number of aromatic nitrogens is 1.